The van der Waals surface area contributed by atoms with Gasteiger partial charge in [-0.2, -0.15) is 0 Å². The second-order valence-corrected chi connectivity index (χ2v) is 5.21. The summed E-state index contributed by atoms with van der Waals surface area (Å²) in [5.74, 6) is 0. The van der Waals surface area contributed by atoms with Gasteiger partial charge in [-0.25, -0.2) is 0 Å². The lowest BCUT2D eigenvalue weighted by molar-refractivity contribution is 0.605. The fraction of sp³-hybridized carbons (Fsp3) is 0.471. The van der Waals surface area contributed by atoms with Crippen LogP contribution in [0.3, 0.4) is 0 Å². The maximum atomic E-state index is 5.49. The molecule has 0 unspecified atom stereocenters. The van der Waals surface area contributed by atoms with Crippen LogP contribution >= 0.6 is 0 Å². The van der Waals surface area contributed by atoms with E-state index in [4.69, 9.17) is 5.73 Å². The van der Waals surface area contributed by atoms with Crippen LogP contribution in [0.15, 0.2) is 36.5 Å². The van der Waals surface area contributed by atoms with Crippen LogP contribution in [-0.4, -0.2) is 18.1 Å². The van der Waals surface area contributed by atoms with Crippen LogP contribution in [0.4, 0.5) is 5.69 Å². The molecule has 0 aliphatic carbocycles. The second-order valence-electron chi connectivity index (χ2n) is 5.21. The van der Waals surface area contributed by atoms with Crippen LogP contribution in [0, 0.1) is 0 Å². The number of para-hydroxylation sites is 1. The number of benzene rings is 1. The minimum Gasteiger partial charge on any atom is -0.384 e. The number of rotatable bonds is 9. The summed E-state index contributed by atoms with van der Waals surface area (Å²) in [6.07, 6.45) is 9.46. The number of aromatic nitrogens is 1. The molecule has 1 aromatic carbocycles. The third-order valence-corrected chi connectivity index (χ3v) is 3.60. The molecule has 3 N–H and O–H groups in total. The van der Waals surface area contributed by atoms with Gasteiger partial charge in [-0.1, -0.05) is 43.9 Å². The number of pyridine rings is 1. The third-order valence-electron chi connectivity index (χ3n) is 3.60. The van der Waals surface area contributed by atoms with E-state index in [2.05, 4.69) is 34.6 Å². The summed E-state index contributed by atoms with van der Waals surface area (Å²) in [5, 5.41) is 4.74. The molecule has 0 atom stereocenters. The highest BCUT2D eigenvalue weighted by molar-refractivity contribution is 5.90. The number of anilines is 1. The molecule has 1 aromatic heterocycles. The van der Waals surface area contributed by atoms with Crippen molar-refractivity contribution in [3.8, 4) is 0 Å². The highest BCUT2D eigenvalue weighted by atomic mass is 14.9. The zero-order chi connectivity index (χ0) is 14.0. The molecule has 0 fully saturated rings. The average molecular weight is 271 g/mol. The van der Waals surface area contributed by atoms with Gasteiger partial charge in [0, 0.05) is 23.8 Å². The first kappa shape index (κ1) is 14.8. The van der Waals surface area contributed by atoms with Gasteiger partial charge < -0.3 is 11.1 Å². The SMILES string of the molecule is NCCCCCCCCNc1ccnc2ccccc12. The van der Waals surface area contributed by atoms with E-state index < -0.39 is 0 Å². The summed E-state index contributed by atoms with van der Waals surface area (Å²) in [5.41, 5.74) is 7.73. The van der Waals surface area contributed by atoms with Crippen molar-refractivity contribution >= 4 is 16.6 Å². The van der Waals surface area contributed by atoms with Gasteiger partial charge >= 0.3 is 0 Å². The lowest BCUT2D eigenvalue weighted by Crippen LogP contribution is -2.02. The van der Waals surface area contributed by atoms with E-state index in [1.807, 2.05) is 12.3 Å². The molecule has 1 heterocycles. The Bertz CT molecular complexity index is 505. The van der Waals surface area contributed by atoms with Crippen LogP contribution in [0.1, 0.15) is 38.5 Å². The Balaban J connectivity index is 1.71. The molecule has 0 amide bonds. The smallest absolute Gasteiger partial charge is 0.0722 e. The molecule has 2 aromatic rings. The molecule has 0 saturated heterocycles. The lowest BCUT2D eigenvalue weighted by atomic mass is 10.1. The van der Waals surface area contributed by atoms with E-state index in [1.54, 1.807) is 0 Å². The van der Waals surface area contributed by atoms with Gasteiger partial charge in [0.15, 0.2) is 0 Å². The second kappa shape index (κ2) is 8.54. The van der Waals surface area contributed by atoms with Gasteiger partial charge in [0.25, 0.3) is 0 Å². The highest BCUT2D eigenvalue weighted by Crippen LogP contribution is 2.20. The summed E-state index contributed by atoms with van der Waals surface area (Å²) < 4.78 is 0. The summed E-state index contributed by atoms with van der Waals surface area (Å²) >= 11 is 0. The number of nitrogens with one attached hydrogen (secondary N) is 1. The maximum Gasteiger partial charge on any atom is 0.0722 e. The minimum atomic E-state index is 0.830. The molecule has 0 aliphatic rings. The Morgan fingerprint density at radius 3 is 2.50 bits per heavy atom. The Labute approximate surface area is 121 Å². The van der Waals surface area contributed by atoms with Crippen LogP contribution in [-0.2, 0) is 0 Å². The van der Waals surface area contributed by atoms with Crippen molar-refractivity contribution in [3.05, 3.63) is 36.5 Å². The topological polar surface area (TPSA) is 50.9 Å². The van der Waals surface area contributed by atoms with Crippen molar-refractivity contribution in [1.29, 1.82) is 0 Å². The number of nitrogens with two attached hydrogens (primary N) is 1. The summed E-state index contributed by atoms with van der Waals surface area (Å²) in [4.78, 5) is 4.38. The summed E-state index contributed by atoms with van der Waals surface area (Å²) in [7, 11) is 0. The van der Waals surface area contributed by atoms with Crippen LogP contribution in [0.5, 0.6) is 0 Å². The van der Waals surface area contributed by atoms with E-state index in [0.717, 1.165) is 18.6 Å². The molecule has 0 spiro atoms. The number of hydrogen-bond donors (Lipinski definition) is 2. The zero-order valence-electron chi connectivity index (χ0n) is 12.1. The van der Waals surface area contributed by atoms with E-state index in [0.29, 0.717) is 0 Å². The zero-order valence-corrected chi connectivity index (χ0v) is 12.1. The van der Waals surface area contributed by atoms with Crippen molar-refractivity contribution in [3.63, 3.8) is 0 Å². The van der Waals surface area contributed by atoms with Crippen molar-refractivity contribution < 1.29 is 0 Å². The van der Waals surface area contributed by atoms with E-state index in [-0.39, 0.29) is 0 Å². The standard InChI is InChI=1S/C17H25N3/c18-12-7-3-1-2-4-8-13-19-17-11-14-20-16-10-6-5-9-15(16)17/h5-6,9-11,14H,1-4,7-8,12-13,18H2,(H,19,20). The van der Waals surface area contributed by atoms with Gasteiger partial charge in [0.05, 0.1) is 5.52 Å². The fourth-order valence-corrected chi connectivity index (χ4v) is 2.45. The molecule has 0 aliphatic heterocycles. The molecule has 0 radical (unpaired) electrons. The Kier molecular flexibility index (Phi) is 6.32. The van der Waals surface area contributed by atoms with Crippen LogP contribution in [0.2, 0.25) is 0 Å². The first-order valence-corrected chi connectivity index (χ1v) is 7.69. The average Bonchev–Trinajstić information content (AvgIpc) is 2.50. The van der Waals surface area contributed by atoms with Crippen LogP contribution in [0.25, 0.3) is 10.9 Å². The molecular formula is C17H25N3. The Morgan fingerprint density at radius 2 is 1.65 bits per heavy atom. The minimum absolute atomic E-state index is 0.830. The predicted molar refractivity (Wildman–Crippen MR) is 87.0 cm³/mol. The molecule has 0 saturated carbocycles. The molecule has 2 rings (SSSR count). The predicted octanol–water partition coefficient (Wildman–Crippen LogP) is 3.95. The van der Waals surface area contributed by atoms with E-state index in [1.165, 1.54) is 49.6 Å². The number of unbranched alkanes of at least 4 members (excludes halogenated alkanes) is 5. The molecule has 3 heteroatoms. The van der Waals surface area contributed by atoms with Crippen molar-refractivity contribution in [2.75, 3.05) is 18.4 Å². The molecule has 108 valence electrons. The maximum absolute atomic E-state index is 5.49. The summed E-state index contributed by atoms with van der Waals surface area (Å²) in [6, 6.07) is 10.3. The summed E-state index contributed by atoms with van der Waals surface area (Å²) in [6.45, 7) is 1.86. The number of nitrogens with zero attached hydrogens (tertiary/aromatic N) is 1. The molecular weight excluding hydrogens is 246 g/mol. The quantitative estimate of drug-likeness (QED) is 0.679. The number of hydrogen-bond acceptors (Lipinski definition) is 3. The molecule has 0 bridgehead atoms. The van der Waals surface area contributed by atoms with Gasteiger partial charge in [-0.3, -0.25) is 4.98 Å². The third kappa shape index (κ3) is 4.49. The van der Waals surface area contributed by atoms with Gasteiger partial charge in [0.2, 0.25) is 0 Å². The lowest BCUT2D eigenvalue weighted by Gasteiger charge is -2.09. The van der Waals surface area contributed by atoms with Crippen molar-refractivity contribution in [1.82, 2.24) is 4.98 Å². The monoisotopic (exact) mass is 271 g/mol. The van der Waals surface area contributed by atoms with Gasteiger partial charge in [-0.05, 0) is 31.5 Å². The largest absolute Gasteiger partial charge is 0.384 e. The highest BCUT2D eigenvalue weighted by Gasteiger charge is 1.99. The Hall–Kier alpha value is -1.61. The molecule has 20 heavy (non-hydrogen) atoms. The van der Waals surface area contributed by atoms with Crippen molar-refractivity contribution in [2.24, 2.45) is 5.73 Å². The normalized spacial score (nSPS) is 10.8. The Morgan fingerprint density at radius 1 is 0.900 bits per heavy atom. The van der Waals surface area contributed by atoms with Gasteiger partial charge in [-0.15, -0.1) is 0 Å². The van der Waals surface area contributed by atoms with Crippen molar-refractivity contribution in [2.45, 2.75) is 38.5 Å². The van der Waals surface area contributed by atoms with Gasteiger partial charge in [0.1, 0.15) is 0 Å². The first-order valence-electron chi connectivity index (χ1n) is 7.69. The van der Waals surface area contributed by atoms with Crippen LogP contribution < -0.4 is 11.1 Å². The molecule has 3 nitrogen and oxygen atoms in total. The van der Waals surface area contributed by atoms with E-state index >= 15 is 0 Å². The fourth-order valence-electron chi connectivity index (χ4n) is 2.45. The van der Waals surface area contributed by atoms with E-state index in [9.17, 15) is 0 Å². The number of fused-ring (bicyclic) bond motifs is 1. The first-order chi connectivity index (χ1) is 9.92.